The van der Waals surface area contributed by atoms with Crippen LogP contribution in [0.1, 0.15) is 30.7 Å². The third-order valence-electron chi connectivity index (χ3n) is 2.93. The molecule has 1 heterocycles. The molecule has 1 aromatic heterocycles. The number of ether oxygens (including phenoxy) is 2. The van der Waals surface area contributed by atoms with E-state index in [-0.39, 0.29) is 0 Å². The molecule has 1 atom stereocenters. The monoisotopic (exact) mass is 273 g/mol. The van der Waals surface area contributed by atoms with Crippen molar-refractivity contribution in [2.45, 2.75) is 26.1 Å². The van der Waals surface area contributed by atoms with Crippen LogP contribution in [-0.2, 0) is 11.3 Å². The van der Waals surface area contributed by atoms with Crippen molar-refractivity contribution in [2.24, 2.45) is 0 Å². The van der Waals surface area contributed by atoms with Crippen LogP contribution in [0.5, 0.6) is 11.5 Å². The molecular weight excluding hydrogens is 254 g/mol. The van der Waals surface area contributed by atoms with E-state index in [4.69, 9.17) is 9.47 Å². The van der Waals surface area contributed by atoms with E-state index in [0.29, 0.717) is 24.5 Å². The molecule has 0 saturated heterocycles. The van der Waals surface area contributed by atoms with Gasteiger partial charge < -0.3 is 14.6 Å². The number of rotatable bonds is 6. The van der Waals surface area contributed by atoms with Gasteiger partial charge in [0.05, 0.1) is 24.6 Å². The number of hydrogen-bond donors (Lipinski definition) is 1. The van der Waals surface area contributed by atoms with Crippen LogP contribution in [0.15, 0.2) is 42.6 Å². The van der Waals surface area contributed by atoms with E-state index >= 15 is 0 Å². The molecule has 1 aromatic carbocycles. The average molecular weight is 273 g/mol. The molecule has 2 rings (SSSR count). The first-order chi connectivity index (χ1) is 9.72. The highest BCUT2D eigenvalue weighted by Gasteiger charge is 2.06. The number of aliphatic hydroxyl groups is 1. The summed E-state index contributed by atoms with van der Waals surface area (Å²) in [7, 11) is 1.66. The molecule has 0 saturated carbocycles. The second kappa shape index (κ2) is 7.03. The molecule has 0 unspecified atom stereocenters. The number of benzene rings is 1. The Labute approximate surface area is 119 Å². The third kappa shape index (κ3) is 3.79. The van der Waals surface area contributed by atoms with E-state index in [0.717, 1.165) is 11.3 Å². The topological polar surface area (TPSA) is 51.6 Å². The normalized spacial score (nSPS) is 12.2. The molecular formula is C16H19NO3. The van der Waals surface area contributed by atoms with Crippen LogP contribution in [0, 0.1) is 0 Å². The lowest BCUT2D eigenvalue weighted by molar-refractivity contribution is 0.169. The smallest absolute Gasteiger partial charge is 0.145 e. The van der Waals surface area contributed by atoms with Gasteiger partial charge in [0.2, 0.25) is 0 Å². The first kappa shape index (κ1) is 14.5. The summed E-state index contributed by atoms with van der Waals surface area (Å²) in [5.41, 5.74) is 1.71. The number of aliphatic hydroxyl groups excluding tert-OH is 1. The van der Waals surface area contributed by atoms with Crippen molar-refractivity contribution in [1.29, 1.82) is 0 Å². The lowest BCUT2D eigenvalue weighted by Crippen LogP contribution is -1.98. The summed E-state index contributed by atoms with van der Waals surface area (Å²) in [6.45, 7) is 2.47. The Balaban J connectivity index is 2.08. The molecule has 1 N–H and O–H groups in total. The molecule has 2 aromatic rings. The van der Waals surface area contributed by atoms with E-state index in [2.05, 4.69) is 4.98 Å². The number of methoxy groups -OCH3 is 1. The summed E-state index contributed by atoms with van der Waals surface area (Å²) in [4.78, 5) is 4.20. The van der Waals surface area contributed by atoms with Crippen molar-refractivity contribution in [2.75, 3.05) is 7.11 Å². The quantitative estimate of drug-likeness (QED) is 0.875. The Morgan fingerprint density at radius 2 is 2.05 bits per heavy atom. The van der Waals surface area contributed by atoms with Gasteiger partial charge in [0.25, 0.3) is 0 Å². The lowest BCUT2D eigenvalue weighted by atomic mass is 10.2. The van der Waals surface area contributed by atoms with Gasteiger partial charge >= 0.3 is 0 Å². The summed E-state index contributed by atoms with van der Waals surface area (Å²) in [5, 5.41) is 9.69. The van der Waals surface area contributed by atoms with Gasteiger partial charge in [-0.1, -0.05) is 19.1 Å². The fraction of sp³-hybridized carbons (Fsp3) is 0.312. The highest BCUT2D eigenvalue weighted by Crippen LogP contribution is 2.23. The van der Waals surface area contributed by atoms with Crippen molar-refractivity contribution in [1.82, 2.24) is 4.98 Å². The number of pyridine rings is 1. The molecule has 0 radical (unpaired) electrons. The molecule has 0 aliphatic rings. The summed E-state index contributed by atoms with van der Waals surface area (Å²) >= 11 is 0. The van der Waals surface area contributed by atoms with Gasteiger partial charge in [-0.3, -0.25) is 4.98 Å². The standard InChI is InChI=1S/C16H19NO3/c1-3-16(18)15-8-7-14(10-17-15)20-13-6-4-5-12(9-13)11-19-2/h4-10,16,18H,3,11H2,1-2H3/t16-/m1/s1. The van der Waals surface area contributed by atoms with Crippen molar-refractivity contribution in [3.8, 4) is 11.5 Å². The van der Waals surface area contributed by atoms with Gasteiger partial charge in [-0.2, -0.15) is 0 Å². The minimum atomic E-state index is -0.519. The Morgan fingerprint density at radius 3 is 2.70 bits per heavy atom. The second-order valence-electron chi connectivity index (χ2n) is 4.53. The maximum Gasteiger partial charge on any atom is 0.145 e. The molecule has 0 aliphatic carbocycles. The Hall–Kier alpha value is -1.91. The largest absolute Gasteiger partial charge is 0.456 e. The van der Waals surface area contributed by atoms with Gasteiger partial charge in [0, 0.05) is 7.11 Å². The molecule has 0 spiro atoms. The number of aromatic nitrogens is 1. The van der Waals surface area contributed by atoms with E-state index in [1.807, 2.05) is 37.3 Å². The fourth-order valence-electron chi connectivity index (χ4n) is 1.86. The maximum atomic E-state index is 9.69. The van der Waals surface area contributed by atoms with Crippen LogP contribution >= 0.6 is 0 Å². The summed E-state index contributed by atoms with van der Waals surface area (Å²) in [5.74, 6) is 1.39. The molecule has 0 bridgehead atoms. The van der Waals surface area contributed by atoms with Gasteiger partial charge in [-0.05, 0) is 36.2 Å². The van der Waals surface area contributed by atoms with Gasteiger partial charge in [0.1, 0.15) is 11.5 Å². The number of nitrogens with zero attached hydrogens (tertiary/aromatic N) is 1. The predicted molar refractivity (Wildman–Crippen MR) is 76.7 cm³/mol. The summed E-state index contributed by atoms with van der Waals surface area (Å²) in [6, 6.07) is 11.3. The van der Waals surface area contributed by atoms with Crippen LogP contribution in [0.25, 0.3) is 0 Å². The molecule has 4 heteroatoms. The molecule has 0 aliphatic heterocycles. The van der Waals surface area contributed by atoms with Crippen molar-refractivity contribution in [3.63, 3.8) is 0 Å². The Kier molecular flexibility index (Phi) is 5.09. The molecule has 0 fully saturated rings. The SMILES string of the molecule is CC[C@@H](O)c1ccc(Oc2cccc(COC)c2)cn1. The molecule has 20 heavy (non-hydrogen) atoms. The minimum absolute atomic E-state index is 0.519. The first-order valence-electron chi connectivity index (χ1n) is 6.62. The summed E-state index contributed by atoms with van der Waals surface area (Å²) in [6.07, 6.45) is 1.75. The van der Waals surface area contributed by atoms with Crippen molar-refractivity contribution < 1.29 is 14.6 Å². The lowest BCUT2D eigenvalue weighted by Gasteiger charge is -2.09. The number of hydrogen-bond acceptors (Lipinski definition) is 4. The Morgan fingerprint density at radius 1 is 1.20 bits per heavy atom. The molecule has 0 amide bonds. The zero-order chi connectivity index (χ0) is 14.4. The van der Waals surface area contributed by atoms with Gasteiger partial charge in [0.15, 0.2) is 0 Å². The van der Waals surface area contributed by atoms with E-state index < -0.39 is 6.10 Å². The maximum absolute atomic E-state index is 9.69. The summed E-state index contributed by atoms with van der Waals surface area (Å²) < 4.78 is 10.8. The minimum Gasteiger partial charge on any atom is -0.456 e. The molecule has 4 nitrogen and oxygen atoms in total. The van der Waals surface area contributed by atoms with Crippen LogP contribution in [0.3, 0.4) is 0 Å². The van der Waals surface area contributed by atoms with Crippen LogP contribution in [-0.4, -0.2) is 17.2 Å². The van der Waals surface area contributed by atoms with E-state index in [9.17, 15) is 5.11 Å². The van der Waals surface area contributed by atoms with Crippen molar-refractivity contribution >= 4 is 0 Å². The Bertz CT molecular complexity index is 540. The van der Waals surface area contributed by atoms with E-state index in [1.165, 1.54) is 0 Å². The first-order valence-corrected chi connectivity index (χ1v) is 6.62. The highest BCUT2D eigenvalue weighted by atomic mass is 16.5. The van der Waals surface area contributed by atoms with Gasteiger partial charge in [-0.25, -0.2) is 0 Å². The zero-order valence-electron chi connectivity index (χ0n) is 11.7. The fourth-order valence-corrected chi connectivity index (χ4v) is 1.86. The highest BCUT2D eigenvalue weighted by molar-refractivity contribution is 5.33. The van der Waals surface area contributed by atoms with E-state index in [1.54, 1.807) is 19.4 Å². The average Bonchev–Trinajstić information content (AvgIpc) is 2.48. The second-order valence-corrected chi connectivity index (χ2v) is 4.53. The van der Waals surface area contributed by atoms with Crippen molar-refractivity contribution in [3.05, 3.63) is 53.9 Å². The zero-order valence-corrected chi connectivity index (χ0v) is 11.7. The molecule has 106 valence electrons. The van der Waals surface area contributed by atoms with Crippen LogP contribution in [0.4, 0.5) is 0 Å². The third-order valence-corrected chi connectivity index (χ3v) is 2.93. The van der Waals surface area contributed by atoms with Crippen LogP contribution < -0.4 is 4.74 Å². The predicted octanol–water partition coefficient (Wildman–Crippen LogP) is 3.46. The van der Waals surface area contributed by atoms with Crippen LogP contribution in [0.2, 0.25) is 0 Å². The van der Waals surface area contributed by atoms with Gasteiger partial charge in [-0.15, -0.1) is 0 Å².